The van der Waals surface area contributed by atoms with E-state index < -0.39 is 0 Å². The van der Waals surface area contributed by atoms with Gasteiger partial charge in [-0.3, -0.25) is 0 Å². The van der Waals surface area contributed by atoms with E-state index in [1.165, 1.54) is 11.5 Å². The molecule has 0 fully saturated rings. The Morgan fingerprint density at radius 2 is 2.44 bits per heavy atom. The second kappa shape index (κ2) is 2.08. The predicted octanol–water partition coefficient (Wildman–Crippen LogP) is 1.02. The van der Waals surface area contributed by atoms with E-state index in [2.05, 4.69) is 10.3 Å². The first-order valence-corrected chi connectivity index (χ1v) is 3.21. The quantitative estimate of drug-likeness (QED) is 0.543. The molecule has 0 amide bonds. The highest BCUT2D eigenvalue weighted by molar-refractivity contribution is 7.10. The summed E-state index contributed by atoms with van der Waals surface area (Å²) in [4.78, 5) is 0. The average molecular weight is 138 g/mol. The van der Waals surface area contributed by atoms with Crippen molar-refractivity contribution in [3.8, 4) is 12.3 Å². The number of aryl methyl sites for hydroxylation is 1. The molecule has 46 valence electrons. The van der Waals surface area contributed by atoms with Gasteiger partial charge in [0.05, 0.1) is 11.3 Å². The van der Waals surface area contributed by atoms with Gasteiger partial charge in [-0.2, -0.15) is 4.37 Å². The topological polar surface area (TPSA) is 38.9 Å². The molecule has 0 aromatic carbocycles. The number of anilines is 1. The molecule has 1 aromatic rings. The van der Waals surface area contributed by atoms with Crippen molar-refractivity contribution in [1.29, 1.82) is 0 Å². The molecule has 0 radical (unpaired) electrons. The van der Waals surface area contributed by atoms with Crippen molar-refractivity contribution < 1.29 is 0 Å². The summed E-state index contributed by atoms with van der Waals surface area (Å²) >= 11 is 1.24. The molecule has 9 heavy (non-hydrogen) atoms. The van der Waals surface area contributed by atoms with E-state index in [4.69, 9.17) is 12.2 Å². The van der Waals surface area contributed by atoms with Crippen molar-refractivity contribution in [2.75, 3.05) is 5.73 Å². The van der Waals surface area contributed by atoms with Crippen LogP contribution in [-0.2, 0) is 0 Å². The van der Waals surface area contributed by atoms with Gasteiger partial charge in [0.2, 0.25) is 0 Å². The van der Waals surface area contributed by atoms with Gasteiger partial charge in [0, 0.05) is 0 Å². The molecule has 1 rings (SSSR count). The lowest BCUT2D eigenvalue weighted by Crippen LogP contribution is -1.83. The van der Waals surface area contributed by atoms with E-state index in [-0.39, 0.29) is 0 Å². The Kier molecular flexibility index (Phi) is 1.41. The van der Waals surface area contributed by atoms with Crippen LogP contribution in [0.15, 0.2) is 0 Å². The van der Waals surface area contributed by atoms with Gasteiger partial charge in [0.25, 0.3) is 0 Å². The van der Waals surface area contributed by atoms with E-state index in [9.17, 15) is 0 Å². The monoisotopic (exact) mass is 138 g/mol. The highest BCUT2D eigenvalue weighted by atomic mass is 32.1. The first kappa shape index (κ1) is 6.12. The third kappa shape index (κ3) is 0.889. The SMILES string of the molecule is C#Cc1c(C)nsc1N. The molecule has 0 saturated heterocycles. The summed E-state index contributed by atoms with van der Waals surface area (Å²) in [6.45, 7) is 1.85. The number of nitrogens with zero attached hydrogens (tertiary/aromatic N) is 1. The predicted molar refractivity (Wildman–Crippen MR) is 39.2 cm³/mol. The summed E-state index contributed by atoms with van der Waals surface area (Å²) < 4.78 is 3.96. The van der Waals surface area contributed by atoms with Crippen molar-refractivity contribution in [2.45, 2.75) is 6.92 Å². The molecule has 0 bridgehead atoms. The summed E-state index contributed by atoms with van der Waals surface area (Å²) in [5.74, 6) is 2.47. The Morgan fingerprint density at radius 1 is 1.78 bits per heavy atom. The molecule has 0 spiro atoms. The van der Waals surface area contributed by atoms with Crippen LogP contribution in [0.2, 0.25) is 0 Å². The molecule has 0 aliphatic rings. The van der Waals surface area contributed by atoms with Crippen LogP contribution in [-0.4, -0.2) is 4.37 Å². The van der Waals surface area contributed by atoms with Gasteiger partial charge in [-0.05, 0) is 18.5 Å². The minimum atomic E-state index is 0.634. The third-order valence-electron chi connectivity index (χ3n) is 1.03. The van der Waals surface area contributed by atoms with Crippen LogP contribution in [0.5, 0.6) is 0 Å². The molecule has 1 aromatic heterocycles. The van der Waals surface area contributed by atoms with Crippen LogP contribution in [0.1, 0.15) is 11.3 Å². The molecule has 0 aliphatic carbocycles. The molecule has 0 unspecified atom stereocenters. The van der Waals surface area contributed by atoms with E-state index in [1.54, 1.807) is 0 Å². The van der Waals surface area contributed by atoms with Gasteiger partial charge >= 0.3 is 0 Å². The van der Waals surface area contributed by atoms with E-state index in [0.29, 0.717) is 5.00 Å². The zero-order valence-electron chi connectivity index (χ0n) is 5.01. The van der Waals surface area contributed by atoms with Gasteiger partial charge in [0.1, 0.15) is 5.00 Å². The number of aromatic nitrogens is 1. The van der Waals surface area contributed by atoms with E-state index in [0.717, 1.165) is 11.3 Å². The number of nitrogen functional groups attached to an aromatic ring is 1. The highest BCUT2D eigenvalue weighted by Gasteiger charge is 2.01. The van der Waals surface area contributed by atoms with Gasteiger partial charge in [-0.15, -0.1) is 6.42 Å². The van der Waals surface area contributed by atoms with E-state index >= 15 is 0 Å². The van der Waals surface area contributed by atoms with Crippen LogP contribution in [0, 0.1) is 19.3 Å². The Balaban J connectivity index is 3.27. The Hall–Kier alpha value is -1.01. The molecule has 2 nitrogen and oxygen atoms in total. The van der Waals surface area contributed by atoms with Crippen molar-refractivity contribution in [3.05, 3.63) is 11.3 Å². The summed E-state index contributed by atoms with van der Waals surface area (Å²) in [5.41, 5.74) is 7.05. The number of hydrogen-bond acceptors (Lipinski definition) is 3. The third-order valence-corrected chi connectivity index (χ3v) is 1.80. The minimum Gasteiger partial charge on any atom is -0.388 e. The molecule has 0 atom stereocenters. The normalized spacial score (nSPS) is 8.89. The smallest absolute Gasteiger partial charge is 0.122 e. The number of terminal acetylenes is 1. The first-order valence-electron chi connectivity index (χ1n) is 2.44. The van der Waals surface area contributed by atoms with Crippen molar-refractivity contribution in [2.24, 2.45) is 0 Å². The summed E-state index contributed by atoms with van der Waals surface area (Å²) in [6, 6.07) is 0. The van der Waals surface area contributed by atoms with Crippen molar-refractivity contribution >= 4 is 16.5 Å². The average Bonchev–Trinajstić information content (AvgIpc) is 2.12. The minimum absolute atomic E-state index is 0.634. The summed E-state index contributed by atoms with van der Waals surface area (Å²) in [6.07, 6.45) is 5.13. The highest BCUT2D eigenvalue weighted by Crippen LogP contribution is 2.18. The van der Waals surface area contributed by atoms with Gasteiger partial charge in [0.15, 0.2) is 0 Å². The fourth-order valence-electron chi connectivity index (χ4n) is 0.563. The molecule has 1 heterocycles. The zero-order valence-corrected chi connectivity index (χ0v) is 5.83. The molecule has 3 heteroatoms. The Bertz CT molecular complexity index is 237. The first-order chi connectivity index (χ1) is 4.25. The summed E-state index contributed by atoms with van der Waals surface area (Å²) in [5, 5.41) is 0.634. The Morgan fingerprint density at radius 3 is 2.67 bits per heavy atom. The lowest BCUT2D eigenvalue weighted by Gasteiger charge is -1.83. The van der Waals surface area contributed by atoms with Gasteiger partial charge < -0.3 is 5.73 Å². The molecular formula is C6H6N2S. The fraction of sp³-hybridized carbons (Fsp3) is 0.167. The maximum Gasteiger partial charge on any atom is 0.122 e. The number of nitrogens with two attached hydrogens (primary N) is 1. The van der Waals surface area contributed by atoms with Crippen LogP contribution in [0.25, 0.3) is 0 Å². The standard InChI is InChI=1S/C6H6N2S/c1-3-5-4(2)8-9-6(5)7/h1H,7H2,2H3. The molecular weight excluding hydrogens is 132 g/mol. The maximum absolute atomic E-state index is 5.47. The number of hydrogen-bond donors (Lipinski definition) is 1. The Labute approximate surface area is 57.9 Å². The summed E-state index contributed by atoms with van der Waals surface area (Å²) in [7, 11) is 0. The van der Waals surface area contributed by atoms with Gasteiger partial charge in [-0.1, -0.05) is 5.92 Å². The van der Waals surface area contributed by atoms with E-state index in [1.807, 2.05) is 6.92 Å². The van der Waals surface area contributed by atoms with Crippen LogP contribution in [0.4, 0.5) is 5.00 Å². The fourth-order valence-corrected chi connectivity index (χ4v) is 1.19. The largest absolute Gasteiger partial charge is 0.388 e. The lowest BCUT2D eigenvalue weighted by atomic mass is 10.3. The van der Waals surface area contributed by atoms with Crippen molar-refractivity contribution in [1.82, 2.24) is 4.37 Å². The second-order valence-corrected chi connectivity index (χ2v) is 2.46. The second-order valence-electron chi connectivity index (χ2n) is 1.65. The molecule has 0 aliphatic heterocycles. The van der Waals surface area contributed by atoms with Crippen LogP contribution < -0.4 is 5.73 Å². The zero-order chi connectivity index (χ0) is 6.85. The molecule has 2 N–H and O–H groups in total. The maximum atomic E-state index is 5.47. The van der Waals surface area contributed by atoms with Crippen molar-refractivity contribution in [3.63, 3.8) is 0 Å². The molecule has 0 saturated carbocycles. The van der Waals surface area contributed by atoms with Crippen LogP contribution in [0.3, 0.4) is 0 Å². The number of rotatable bonds is 0. The van der Waals surface area contributed by atoms with Gasteiger partial charge in [-0.25, -0.2) is 0 Å². The van der Waals surface area contributed by atoms with Crippen LogP contribution >= 0.6 is 11.5 Å². The lowest BCUT2D eigenvalue weighted by molar-refractivity contribution is 1.33.